The first-order chi connectivity index (χ1) is 16.4. The van der Waals surface area contributed by atoms with Gasteiger partial charge in [0.15, 0.2) is 0 Å². The van der Waals surface area contributed by atoms with E-state index in [0.29, 0.717) is 30.9 Å². The smallest absolute Gasteiger partial charge is 0.243 e. The highest BCUT2D eigenvalue weighted by molar-refractivity contribution is 7.89. The molecular formula is C25H31N5O3S. The highest BCUT2D eigenvalue weighted by Gasteiger charge is 2.27. The Morgan fingerprint density at radius 3 is 2.18 bits per heavy atom. The van der Waals surface area contributed by atoms with Crippen molar-refractivity contribution >= 4 is 21.6 Å². The fourth-order valence-electron chi connectivity index (χ4n) is 4.47. The maximum absolute atomic E-state index is 12.6. The molecule has 0 unspecified atom stereocenters. The summed E-state index contributed by atoms with van der Waals surface area (Å²) in [5.74, 6) is -0.101. The average Bonchev–Trinajstić information content (AvgIpc) is 3.31. The van der Waals surface area contributed by atoms with E-state index in [4.69, 9.17) is 5.26 Å². The van der Waals surface area contributed by atoms with E-state index in [9.17, 15) is 13.2 Å². The molecule has 1 amide bonds. The zero-order chi connectivity index (χ0) is 24.0. The number of hydrogen-bond donors (Lipinski definition) is 1. The molecular weight excluding hydrogens is 450 g/mol. The highest BCUT2D eigenvalue weighted by Crippen LogP contribution is 2.22. The van der Waals surface area contributed by atoms with Crippen LogP contribution < -0.4 is 5.32 Å². The number of nitrogens with one attached hydrogen (secondary N) is 1. The van der Waals surface area contributed by atoms with Gasteiger partial charge in [0.2, 0.25) is 15.9 Å². The largest absolute Gasteiger partial charge is 0.325 e. The van der Waals surface area contributed by atoms with Crippen LogP contribution in [0.4, 0.5) is 5.69 Å². The van der Waals surface area contributed by atoms with E-state index in [0.717, 1.165) is 52.0 Å². The van der Waals surface area contributed by atoms with E-state index in [1.807, 2.05) is 24.3 Å². The number of nitrogens with zero attached hydrogens (tertiary/aromatic N) is 4. The lowest BCUT2D eigenvalue weighted by molar-refractivity contribution is -0.117. The molecule has 0 radical (unpaired) electrons. The van der Waals surface area contributed by atoms with Crippen molar-refractivity contribution < 1.29 is 13.2 Å². The van der Waals surface area contributed by atoms with Crippen molar-refractivity contribution in [3.8, 4) is 6.07 Å². The summed E-state index contributed by atoms with van der Waals surface area (Å²) in [6, 6.07) is 16.3. The van der Waals surface area contributed by atoms with Crippen molar-refractivity contribution in [3.05, 3.63) is 59.7 Å². The third-order valence-corrected chi connectivity index (χ3v) is 8.29. The summed E-state index contributed by atoms with van der Waals surface area (Å²) in [6.07, 6.45) is 2.78. The van der Waals surface area contributed by atoms with Crippen LogP contribution in [0.1, 0.15) is 30.4 Å². The number of nitriles is 1. The first-order valence-electron chi connectivity index (χ1n) is 11.8. The molecule has 0 saturated carbocycles. The molecule has 0 spiro atoms. The van der Waals surface area contributed by atoms with E-state index < -0.39 is 10.0 Å². The minimum Gasteiger partial charge on any atom is -0.325 e. The molecule has 0 atom stereocenters. The quantitative estimate of drug-likeness (QED) is 0.653. The molecule has 2 aromatic rings. The van der Waals surface area contributed by atoms with Gasteiger partial charge in [-0.2, -0.15) is 9.57 Å². The predicted molar refractivity (Wildman–Crippen MR) is 131 cm³/mol. The highest BCUT2D eigenvalue weighted by atomic mass is 32.2. The average molecular weight is 482 g/mol. The fraction of sp³-hybridized carbons (Fsp3) is 0.440. The lowest BCUT2D eigenvalue weighted by Crippen LogP contribution is -2.36. The molecule has 1 N–H and O–H groups in total. The van der Waals surface area contributed by atoms with Gasteiger partial charge < -0.3 is 5.32 Å². The van der Waals surface area contributed by atoms with Gasteiger partial charge in [-0.15, -0.1) is 0 Å². The maximum Gasteiger partial charge on any atom is 0.243 e. The van der Waals surface area contributed by atoms with Crippen LogP contribution in [0, 0.1) is 11.3 Å². The second kappa shape index (κ2) is 11.1. The Balaban J connectivity index is 1.25. The summed E-state index contributed by atoms with van der Waals surface area (Å²) in [6.45, 7) is 5.77. The van der Waals surface area contributed by atoms with Crippen molar-refractivity contribution in [2.75, 3.05) is 51.1 Å². The summed E-state index contributed by atoms with van der Waals surface area (Å²) in [5, 5.41) is 11.8. The summed E-state index contributed by atoms with van der Waals surface area (Å²) in [7, 11) is -3.45. The van der Waals surface area contributed by atoms with Gasteiger partial charge in [-0.25, -0.2) is 8.42 Å². The predicted octanol–water partition coefficient (Wildman–Crippen LogP) is 2.49. The van der Waals surface area contributed by atoms with E-state index in [2.05, 4.69) is 21.2 Å². The molecule has 2 aliphatic heterocycles. The van der Waals surface area contributed by atoms with Gasteiger partial charge in [0.25, 0.3) is 0 Å². The molecule has 4 rings (SSSR count). The zero-order valence-corrected chi connectivity index (χ0v) is 20.1. The van der Waals surface area contributed by atoms with Crippen LogP contribution in [0.3, 0.4) is 0 Å². The first kappa shape index (κ1) is 24.4. The Morgan fingerprint density at radius 1 is 0.853 bits per heavy atom. The van der Waals surface area contributed by atoms with E-state index >= 15 is 0 Å². The van der Waals surface area contributed by atoms with Crippen molar-refractivity contribution in [3.63, 3.8) is 0 Å². The Morgan fingerprint density at radius 2 is 1.50 bits per heavy atom. The number of hydrogen-bond acceptors (Lipinski definition) is 6. The molecule has 2 saturated heterocycles. The lowest BCUT2D eigenvalue weighted by Gasteiger charge is -2.21. The number of anilines is 1. The van der Waals surface area contributed by atoms with E-state index in [1.54, 1.807) is 24.3 Å². The minimum absolute atomic E-state index is 0.101. The maximum atomic E-state index is 12.6. The number of rotatable bonds is 7. The monoisotopic (exact) mass is 481 g/mol. The molecule has 0 bridgehead atoms. The summed E-state index contributed by atoms with van der Waals surface area (Å²) in [4.78, 5) is 17.4. The Kier molecular flexibility index (Phi) is 7.95. The third kappa shape index (κ3) is 6.21. The molecule has 180 valence electrons. The second-order valence-electron chi connectivity index (χ2n) is 8.90. The summed E-state index contributed by atoms with van der Waals surface area (Å²) >= 11 is 0. The molecule has 8 nitrogen and oxygen atoms in total. The normalized spacial score (nSPS) is 18.3. The molecule has 2 heterocycles. The van der Waals surface area contributed by atoms with Gasteiger partial charge in [-0.3, -0.25) is 14.6 Å². The van der Waals surface area contributed by atoms with Gasteiger partial charge >= 0.3 is 0 Å². The number of carbonyl (C=O) groups is 1. The van der Waals surface area contributed by atoms with Crippen molar-refractivity contribution in [1.82, 2.24) is 14.1 Å². The van der Waals surface area contributed by atoms with Crippen molar-refractivity contribution in [2.24, 2.45) is 0 Å². The van der Waals surface area contributed by atoms with Gasteiger partial charge in [0, 0.05) is 38.4 Å². The molecule has 34 heavy (non-hydrogen) atoms. The van der Waals surface area contributed by atoms with Crippen LogP contribution >= 0.6 is 0 Å². The Labute approximate surface area is 201 Å². The molecule has 9 heteroatoms. The van der Waals surface area contributed by atoms with Gasteiger partial charge in [0.1, 0.15) is 0 Å². The zero-order valence-electron chi connectivity index (χ0n) is 19.3. The summed E-state index contributed by atoms with van der Waals surface area (Å²) in [5.41, 5.74) is 2.45. The van der Waals surface area contributed by atoms with E-state index in [1.165, 1.54) is 9.87 Å². The van der Waals surface area contributed by atoms with Crippen molar-refractivity contribution in [2.45, 2.75) is 30.7 Å². The molecule has 0 aliphatic carbocycles. The summed E-state index contributed by atoms with van der Waals surface area (Å²) < 4.78 is 26.8. The Bertz CT molecular complexity index is 1120. The van der Waals surface area contributed by atoms with Crippen LogP contribution in [0.2, 0.25) is 0 Å². The first-order valence-corrected chi connectivity index (χ1v) is 13.2. The Hall–Kier alpha value is -2.77. The van der Waals surface area contributed by atoms with Crippen LogP contribution in [-0.2, 0) is 21.4 Å². The molecule has 2 aliphatic rings. The molecule has 2 aromatic carbocycles. The number of carbonyl (C=O) groups excluding carboxylic acids is 1. The van der Waals surface area contributed by atoms with Crippen LogP contribution in [0.25, 0.3) is 0 Å². The third-order valence-electron chi connectivity index (χ3n) is 6.38. The number of benzene rings is 2. The van der Waals surface area contributed by atoms with Crippen molar-refractivity contribution in [1.29, 1.82) is 5.26 Å². The van der Waals surface area contributed by atoms with E-state index in [-0.39, 0.29) is 10.8 Å². The SMILES string of the molecule is N#Cc1ccc(CN2CCCN(CC(=O)Nc3ccc(S(=O)(=O)N4CCCC4)cc3)CC2)cc1. The lowest BCUT2D eigenvalue weighted by atomic mass is 10.1. The standard InChI is InChI=1S/C25H31N5O3S/c26-18-21-4-6-22(7-5-21)19-28-12-3-13-29(17-16-28)20-25(31)27-23-8-10-24(11-9-23)34(32,33)30-14-1-2-15-30/h4-11H,1-3,12-17,19-20H2,(H,27,31). The molecule has 2 fully saturated rings. The fourth-order valence-corrected chi connectivity index (χ4v) is 5.99. The van der Waals surface area contributed by atoms with Gasteiger partial charge in [-0.05, 0) is 74.3 Å². The van der Waals surface area contributed by atoms with Crippen LogP contribution in [0.5, 0.6) is 0 Å². The second-order valence-corrected chi connectivity index (χ2v) is 10.8. The van der Waals surface area contributed by atoms with Gasteiger partial charge in [0.05, 0.1) is 23.1 Å². The molecule has 0 aromatic heterocycles. The van der Waals surface area contributed by atoms with Crippen LogP contribution in [0.15, 0.2) is 53.4 Å². The number of sulfonamides is 1. The van der Waals surface area contributed by atoms with Gasteiger partial charge in [-0.1, -0.05) is 12.1 Å². The van der Waals surface area contributed by atoms with Crippen LogP contribution in [-0.4, -0.2) is 74.2 Å². The minimum atomic E-state index is -3.45. The number of amides is 1. The topological polar surface area (TPSA) is 96.7 Å².